The van der Waals surface area contributed by atoms with Crippen molar-refractivity contribution in [1.29, 1.82) is 0 Å². The standard InChI is InChI=1S/C14H19ClN4O2/c1-18-14(21)11-4-2-3-5-19(11)12-9(13(17)20)6-8(16)7-10(12)15/h6-7,11H,2-5,16H2,1H3,(H2,17,20)(H,18,21). The monoisotopic (exact) mass is 310 g/mol. The molecule has 0 bridgehead atoms. The first-order valence-corrected chi connectivity index (χ1v) is 7.20. The van der Waals surface area contributed by atoms with E-state index in [-0.39, 0.29) is 17.5 Å². The summed E-state index contributed by atoms with van der Waals surface area (Å²) in [6, 6.07) is 2.71. The van der Waals surface area contributed by atoms with E-state index in [0.717, 1.165) is 12.8 Å². The molecule has 2 rings (SSSR count). The molecular weight excluding hydrogens is 292 g/mol. The fraction of sp³-hybridized carbons (Fsp3) is 0.429. The largest absolute Gasteiger partial charge is 0.399 e. The number of likely N-dealkylation sites (N-methyl/N-ethyl adjacent to an activating group) is 1. The van der Waals surface area contributed by atoms with Gasteiger partial charge in [-0.05, 0) is 31.4 Å². The maximum absolute atomic E-state index is 12.1. The van der Waals surface area contributed by atoms with E-state index in [0.29, 0.717) is 29.4 Å². The van der Waals surface area contributed by atoms with E-state index in [9.17, 15) is 9.59 Å². The van der Waals surface area contributed by atoms with Crippen molar-refractivity contribution in [3.05, 3.63) is 22.7 Å². The zero-order valence-electron chi connectivity index (χ0n) is 11.9. The van der Waals surface area contributed by atoms with Gasteiger partial charge in [-0.15, -0.1) is 0 Å². The van der Waals surface area contributed by atoms with Crippen molar-refractivity contribution in [3.63, 3.8) is 0 Å². The summed E-state index contributed by atoms with van der Waals surface area (Å²) in [5.74, 6) is -0.710. The molecule has 1 fully saturated rings. The molecule has 0 saturated carbocycles. The predicted octanol–water partition coefficient (Wildman–Crippen LogP) is 1.13. The van der Waals surface area contributed by atoms with Crippen LogP contribution in [0, 0.1) is 0 Å². The quantitative estimate of drug-likeness (QED) is 0.728. The van der Waals surface area contributed by atoms with Crippen LogP contribution >= 0.6 is 11.6 Å². The summed E-state index contributed by atoms with van der Waals surface area (Å²) in [6.07, 6.45) is 2.58. The Morgan fingerprint density at radius 3 is 2.71 bits per heavy atom. The van der Waals surface area contributed by atoms with Gasteiger partial charge in [-0.1, -0.05) is 11.6 Å². The summed E-state index contributed by atoms with van der Waals surface area (Å²) in [7, 11) is 1.59. The Balaban J connectivity index is 2.52. The van der Waals surface area contributed by atoms with Crippen LogP contribution < -0.4 is 21.7 Å². The number of nitrogen functional groups attached to an aromatic ring is 1. The molecule has 1 heterocycles. The van der Waals surface area contributed by atoms with Gasteiger partial charge >= 0.3 is 0 Å². The number of piperidine rings is 1. The molecule has 1 aromatic carbocycles. The molecule has 1 unspecified atom stereocenters. The van der Waals surface area contributed by atoms with Gasteiger partial charge in [0.15, 0.2) is 0 Å². The van der Waals surface area contributed by atoms with Crippen molar-refractivity contribution >= 4 is 34.8 Å². The number of hydrogen-bond acceptors (Lipinski definition) is 4. The molecule has 1 saturated heterocycles. The molecular formula is C14H19ClN4O2. The van der Waals surface area contributed by atoms with E-state index in [1.165, 1.54) is 6.07 Å². The number of nitrogens with two attached hydrogens (primary N) is 2. The predicted molar refractivity (Wildman–Crippen MR) is 83.4 cm³/mol. The van der Waals surface area contributed by atoms with E-state index in [2.05, 4.69) is 5.32 Å². The fourth-order valence-corrected chi connectivity index (χ4v) is 3.07. The van der Waals surface area contributed by atoms with Crippen LogP contribution in [0.2, 0.25) is 5.02 Å². The minimum Gasteiger partial charge on any atom is -0.399 e. The van der Waals surface area contributed by atoms with Crippen molar-refractivity contribution < 1.29 is 9.59 Å². The van der Waals surface area contributed by atoms with E-state index < -0.39 is 5.91 Å². The summed E-state index contributed by atoms with van der Waals surface area (Å²) in [6.45, 7) is 0.641. The van der Waals surface area contributed by atoms with Crippen LogP contribution in [0.5, 0.6) is 0 Å². The SMILES string of the molecule is CNC(=O)C1CCCCN1c1c(Cl)cc(N)cc1C(N)=O. The second-order valence-electron chi connectivity index (χ2n) is 5.08. The molecule has 6 nitrogen and oxygen atoms in total. The molecule has 0 radical (unpaired) electrons. The Labute approximate surface area is 128 Å². The molecule has 1 aliphatic heterocycles. The van der Waals surface area contributed by atoms with Crippen molar-refractivity contribution in [2.45, 2.75) is 25.3 Å². The fourth-order valence-electron chi connectivity index (χ4n) is 2.74. The highest BCUT2D eigenvalue weighted by Gasteiger charge is 2.31. The molecule has 1 aromatic rings. The first-order valence-electron chi connectivity index (χ1n) is 6.82. The number of halogens is 1. The molecule has 5 N–H and O–H groups in total. The molecule has 1 atom stereocenters. The van der Waals surface area contributed by atoms with E-state index in [1.807, 2.05) is 4.90 Å². The zero-order valence-corrected chi connectivity index (χ0v) is 12.6. The molecule has 2 amide bonds. The highest BCUT2D eigenvalue weighted by molar-refractivity contribution is 6.34. The Morgan fingerprint density at radius 1 is 1.38 bits per heavy atom. The van der Waals surface area contributed by atoms with Crippen LogP contribution in [0.4, 0.5) is 11.4 Å². The Bertz CT molecular complexity index is 576. The lowest BCUT2D eigenvalue weighted by molar-refractivity contribution is -0.122. The van der Waals surface area contributed by atoms with Crippen LogP contribution in [0.15, 0.2) is 12.1 Å². The number of nitrogens with one attached hydrogen (secondary N) is 1. The third-order valence-corrected chi connectivity index (χ3v) is 3.98. The van der Waals surface area contributed by atoms with Crippen LogP contribution in [-0.4, -0.2) is 31.4 Å². The van der Waals surface area contributed by atoms with Gasteiger partial charge < -0.3 is 21.7 Å². The van der Waals surface area contributed by atoms with Crippen LogP contribution in [-0.2, 0) is 4.79 Å². The Kier molecular flexibility index (Phi) is 4.57. The normalized spacial score (nSPS) is 18.4. The minimum absolute atomic E-state index is 0.0991. The number of carbonyl (C=O) groups excluding carboxylic acids is 2. The van der Waals surface area contributed by atoms with Gasteiger partial charge in [0.1, 0.15) is 6.04 Å². The average molecular weight is 311 g/mol. The highest BCUT2D eigenvalue weighted by Crippen LogP contribution is 2.36. The molecule has 7 heteroatoms. The number of primary amides is 1. The van der Waals surface area contributed by atoms with Gasteiger partial charge in [0, 0.05) is 19.3 Å². The van der Waals surface area contributed by atoms with Crippen molar-refractivity contribution in [2.75, 3.05) is 24.2 Å². The molecule has 21 heavy (non-hydrogen) atoms. The van der Waals surface area contributed by atoms with Crippen molar-refractivity contribution in [1.82, 2.24) is 5.32 Å². The van der Waals surface area contributed by atoms with Crippen molar-refractivity contribution in [2.24, 2.45) is 5.73 Å². The molecule has 0 spiro atoms. The number of carbonyl (C=O) groups is 2. The molecule has 0 aliphatic carbocycles. The van der Waals surface area contributed by atoms with Crippen LogP contribution in [0.3, 0.4) is 0 Å². The Morgan fingerprint density at radius 2 is 2.10 bits per heavy atom. The third kappa shape index (κ3) is 3.05. The van der Waals surface area contributed by atoms with Gasteiger partial charge in [0.25, 0.3) is 5.91 Å². The van der Waals surface area contributed by atoms with E-state index in [1.54, 1.807) is 13.1 Å². The summed E-state index contributed by atoms with van der Waals surface area (Å²) in [5, 5.41) is 2.98. The van der Waals surface area contributed by atoms with Crippen molar-refractivity contribution in [3.8, 4) is 0 Å². The van der Waals surface area contributed by atoms with E-state index in [4.69, 9.17) is 23.1 Å². The lowest BCUT2D eigenvalue weighted by Gasteiger charge is -2.37. The second-order valence-corrected chi connectivity index (χ2v) is 5.49. The average Bonchev–Trinajstić information content (AvgIpc) is 2.45. The third-order valence-electron chi connectivity index (χ3n) is 3.69. The van der Waals surface area contributed by atoms with Crippen LogP contribution in [0.1, 0.15) is 29.6 Å². The zero-order chi connectivity index (χ0) is 15.6. The minimum atomic E-state index is -0.611. The maximum Gasteiger partial charge on any atom is 0.250 e. The van der Waals surface area contributed by atoms with Crippen LogP contribution in [0.25, 0.3) is 0 Å². The number of benzene rings is 1. The maximum atomic E-state index is 12.1. The highest BCUT2D eigenvalue weighted by atomic mass is 35.5. The van der Waals surface area contributed by atoms with Gasteiger partial charge in [0.05, 0.1) is 16.3 Å². The van der Waals surface area contributed by atoms with Gasteiger partial charge in [-0.25, -0.2) is 0 Å². The second kappa shape index (κ2) is 6.22. The number of amides is 2. The number of rotatable bonds is 3. The lowest BCUT2D eigenvalue weighted by Crippen LogP contribution is -2.49. The number of hydrogen-bond donors (Lipinski definition) is 3. The smallest absolute Gasteiger partial charge is 0.250 e. The van der Waals surface area contributed by atoms with Gasteiger partial charge in [-0.2, -0.15) is 0 Å². The topological polar surface area (TPSA) is 101 Å². The Hall–Kier alpha value is -1.95. The molecule has 114 valence electrons. The summed E-state index contributed by atoms with van der Waals surface area (Å²) in [4.78, 5) is 25.6. The van der Waals surface area contributed by atoms with Gasteiger partial charge in [-0.3, -0.25) is 9.59 Å². The lowest BCUT2D eigenvalue weighted by atomic mass is 9.98. The summed E-state index contributed by atoms with van der Waals surface area (Å²) in [5.41, 5.74) is 12.3. The first-order chi connectivity index (χ1) is 9.95. The van der Waals surface area contributed by atoms with Gasteiger partial charge in [0.2, 0.25) is 5.91 Å². The number of anilines is 2. The molecule has 1 aliphatic rings. The van der Waals surface area contributed by atoms with E-state index >= 15 is 0 Å². The summed E-state index contributed by atoms with van der Waals surface area (Å²) >= 11 is 6.26. The molecule has 0 aromatic heterocycles. The number of nitrogens with zero attached hydrogens (tertiary/aromatic N) is 1. The first kappa shape index (κ1) is 15.4. The summed E-state index contributed by atoms with van der Waals surface area (Å²) < 4.78 is 0.